The summed E-state index contributed by atoms with van der Waals surface area (Å²) in [5.74, 6) is 0.380. The van der Waals surface area contributed by atoms with Crippen LogP contribution in [-0.4, -0.2) is 50.6 Å². The van der Waals surface area contributed by atoms with Gasteiger partial charge in [0.15, 0.2) is 0 Å². The maximum Gasteiger partial charge on any atom is 0.328 e. The van der Waals surface area contributed by atoms with Crippen LogP contribution in [0.25, 0.3) is 22.5 Å². The van der Waals surface area contributed by atoms with Gasteiger partial charge < -0.3 is 9.64 Å². The van der Waals surface area contributed by atoms with Crippen LogP contribution in [0.2, 0.25) is 0 Å². The van der Waals surface area contributed by atoms with Crippen molar-refractivity contribution < 1.29 is 14.3 Å². The number of nitrogens with zero attached hydrogens (tertiary/aromatic N) is 4. The Balaban J connectivity index is 1.88. The van der Waals surface area contributed by atoms with Crippen LogP contribution in [-0.2, 0) is 20.9 Å². The van der Waals surface area contributed by atoms with E-state index < -0.39 is 6.04 Å². The minimum absolute atomic E-state index is 0.0237. The van der Waals surface area contributed by atoms with Gasteiger partial charge in [-0.25, -0.2) is 4.79 Å². The van der Waals surface area contributed by atoms with Crippen molar-refractivity contribution in [3.8, 4) is 22.5 Å². The Hall–Kier alpha value is -3.55. The molecule has 0 aliphatic rings. The van der Waals surface area contributed by atoms with E-state index in [1.165, 1.54) is 7.11 Å². The average molecular weight is 464 g/mol. The Kier molecular flexibility index (Phi) is 8.90. The van der Waals surface area contributed by atoms with E-state index in [1.54, 1.807) is 4.90 Å². The Bertz CT molecular complexity index is 1060. The fraction of sp³-hybridized carbons (Fsp3) is 0.423. The van der Waals surface area contributed by atoms with Crippen LogP contribution in [0.4, 0.5) is 0 Å². The van der Waals surface area contributed by atoms with Gasteiger partial charge in [0.1, 0.15) is 6.04 Å². The Morgan fingerprint density at radius 3 is 2.35 bits per heavy atom. The second-order valence-corrected chi connectivity index (χ2v) is 8.77. The first-order valence-electron chi connectivity index (χ1n) is 11.7. The molecule has 0 aliphatic carbocycles. The molecule has 8 heteroatoms. The molecular formula is C26H33N5O3. The summed E-state index contributed by atoms with van der Waals surface area (Å²) in [6.07, 6.45) is 2.68. The second kappa shape index (κ2) is 12.1. The van der Waals surface area contributed by atoms with Crippen molar-refractivity contribution in [1.29, 1.82) is 0 Å². The van der Waals surface area contributed by atoms with Crippen LogP contribution >= 0.6 is 0 Å². The number of H-pyrrole nitrogens is 1. The normalized spacial score (nSPS) is 11.9. The average Bonchev–Trinajstić information content (AvgIpc) is 3.39. The third-order valence-electron chi connectivity index (χ3n) is 5.74. The van der Waals surface area contributed by atoms with Crippen LogP contribution < -0.4 is 0 Å². The van der Waals surface area contributed by atoms with Gasteiger partial charge in [-0.15, -0.1) is 10.2 Å². The van der Waals surface area contributed by atoms with Gasteiger partial charge in [-0.05, 0) is 40.7 Å². The predicted octanol–water partition coefficient (Wildman–Crippen LogP) is 4.64. The van der Waals surface area contributed by atoms with Crippen LogP contribution in [0.5, 0.6) is 0 Å². The van der Waals surface area contributed by atoms with E-state index in [2.05, 4.69) is 27.5 Å². The number of methoxy groups -OCH3 is 1. The number of rotatable bonds is 11. The molecule has 180 valence electrons. The van der Waals surface area contributed by atoms with Gasteiger partial charge >= 0.3 is 5.97 Å². The van der Waals surface area contributed by atoms with E-state index in [-0.39, 0.29) is 17.8 Å². The fourth-order valence-electron chi connectivity index (χ4n) is 3.97. The van der Waals surface area contributed by atoms with Gasteiger partial charge in [-0.2, -0.15) is 5.21 Å². The fourth-order valence-corrected chi connectivity index (χ4v) is 3.97. The molecule has 34 heavy (non-hydrogen) atoms. The first kappa shape index (κ1) is 25.1. The zero-order valence-corrected chi connectivity index (χ0v) is 20.3. The summed E-state index contributed by atoms with van der Waals surface area (Å²) in [6, 6.07) is 15.3. The largest absolute Gasteiger partial charge is 0.467 e. The van der Waals surface area contributed by atoms with Crippen molar-refractivity contribution in [2.75, 3.05) is 7.11 Å². The maximum absolute atomic E-state index is 13.1. The first-order chi connectivity index (χ1) is 16.4. The third-order valence-corrected chi connectivity index (χ3v) is 5.74. The monoisotopic (exact) mass is 463 g/mol. The molecule has 0 saturated heterocycles. The van der Waals surface area contributed by atoms with E-state index in [4.69, 9.17) is 4.74 Å². The van der Waals surface area contributed by atoms with E-state index in [9.17, 15) is 9.59 Å². The number of nitrogens with one attached hydrogen (secondary N) is 1. The molecular weight excluding hydrogens is 430 g/mol. The number of carbonyl (C=O) groups excluding carboxylic acids is 2. The quantitative estimate of drug-likeness (QED) is 0.416. The highest BCUT2D eigenvalue weighted by Crippen LogP contribution is 2.30. The van der Waals surface area contributed by atoms with Crippen molar-refractivity contribution >= 4 is 11.9 Å². The minimum Gasteiger partial charge on any atom is -0.467 e. The summed E-state index contributed by atoms with van der Waals surface area (Å²) in [7, 11) is 1.38. The van der Waals surface area contributed by atoms with Gasteiger partial charge in [0.25, 0.3) is 0 Å². The van der Waals surface area contributed by atoms with Crippen molar-refractivity contribution in [3.63, 3.8) is 0 Å². The Labute approximate surface area is 200 Å². The number of unbranched alkanes of at least 4 members (excludes halogenated alkanes) is 1. The molecule has 1 atom stereocenters. The first-order valence-corrected chi connectivity index (χ1v) is 11.7. The summed E-state index contributed by atoms with van der Waals surface area (Å²) >= 11 is 0. The number of amides is 1. The van der Waals surface area contributed by atoms with Gasteiger partial charge in [0.05, 0.1) is 7.11 Å². The highest BCUT2D eigenvalue weighted by atomic mass is 16.5. The third kappa shape index (κ3) is 6.27. The summed E-state index contributed by atoms with van der Waals surface area (Å²) in [5.41, 5.74) is 3.81. The molecule has 8 nitrogen and oxygen atoms in total. The topological polar surface area (TPSA) is 101 Å². The number of aromatic nitrogens is 4. The van der Waals surface area contributed by atoms with Crippen LogP contribution in [0.1, 0.15) is 52.0 Å². The molecule has 3 aromatic rings. The molecule has 0 fully saturated rings. The number of carbonyl (C=O) groups is 2. The Morgan fingerprint density at radius 2 is 1.76 bits per heavy atom. The predicted molar refractivity (Wildman–Crippen MR) is 130 cm³/mol. The van der Waals surface area contributed by atoms with E-state index in [1.807, 2.05) is 62.4 Å². The molecule has 1 amide bonds. The maximum atomic E-state index is 13.1. The summed E-state index contributed by atoms with van der Waals surface area (Å²) < 4.78 is 5.06. The second-order valence-electron chi connectivity index (χ2n) is 8.77. The lowest BCUT2D eigenvalue weighted by Crippen LogP contribution is -2.45. The molecule has 2 aromatic carbocycles. The molecule has 1 heterocycles. The zero-order valence-electron chi connectivity index (χ0n) is 20.3. The molecule has 0 aliphatic heterocycles. The minimum atomic E-state index is -0.604. The smallest absolute Gasteiger partial charge is 0.328 e. The molecule has 1 aromatic heterocycles. The molecule has 0 radical (unpaired) electrons. The van der Waals surface area contributed by atoms with E-state index in [0.717, 1.165) is 35.1 Å². The number of esters is 1. The van der Waals surface area contributed by atoms with Gasteiger partial charge in [0, 0.05) is 18.5 Å². The van der Waals surface area contributed by atoms with Crippen molar-refractivity contribution in [2.24, 2.45) is 5.92 Å². The summed E-state index contributed by atoms with van der Waals surface area (Å²) in [5, 5.41) is 14.4. The summed E-state index contributed by atoms with van der Waals surface area (Å²) in [4.78, 5) is 27.4. The molecule has 1 N–H and O–H groups in total. The lowest BCUT2D eigenvalue weighted by Gasteiger charge is -2.31. The molecule has 0 saturated carbocycles. The Morgan fingerprint density at radius 1 is 1.06 bits per heavy atom. The number of hydrogen-bond acceptors (Lipinski definition) is 6. The lowest BCUT2D eigenvalue weighted by atomic mass is 9.97. The van der Waals surface area contributed by atoms with Crippen molar-refractivity contribution in [2.45, 2.75) is 59.0 Å². The number of tetrazole rings is 1. The standard InChI is InChI=1S/C26H33N5O3/c1-5-6-11-24(32)31(23(16-18(2)3)26(33)34-4)17-19-12-14-20(15-13-19)21-9-7-8-10-22(21)25-27-29-30-28-25/h7-10,12-15,18,23H,5-6,11,16-17H2,1-4H3,(H,27,28,29,30). The van der Waals surface area contributed by atoms with Crippen LogP contribution in [0, 0.1) is 5.92 Å². The number of hydrogen-bond donors (Lipinski definition) is 1. The summed E-state index contributed by atoms with van der Waals surface area (Å²) in [6.45, 7) is 6.48. The number of aromatic amines is 1. The molecule has 0 bridgehead atoms. The highest BCUT2D eigenvalue weighted by Gasteiger charge is 2.31. The van der Waals surface area contributed by atoms with Crippen molar-refractivity contribution in [3.05, 3.63) is 54.1 Å². The van der Waals surface area contributed by atoms with Crippen LogP contribution in [0.3, 0.4) is 0 Å². The zero-order chi connectivity index (χ0) is 24.5. The SMILES string of the molecule is CCCCC(=O)N(Cc1ccc(-c2ccccc2-c2nn[nH]n2)cc1)C(CC(C)C)C(=O)OC. The van der Waals surface area contributed by atoms with Gasteiger partial charge in [-0.1, -0.05) is 75.7 Å². The van der Waals surface area contributed by atoms with Crippen LogP contribution in [0.15, 0.2) is 48.5 Å². The number of benzene rings is 2. The lowest BCUT2D eigenvalue weighted by molar-refractivity contribution is -0.154. The van der Waals surface area contributed by atoms with Gasteiger partial charge in [-0.3, -0.25) is 4.79 Å². The molecule has 3 rings (SSSR count). The van der Waals surface area contributed by atoms with Gasteiger partial charge in [0.2, 0.25) is 11.7 Å². The number of ether oxygens (including phenoxy) is 1. The van der Waals surface area contributed by atoms with Crippen molar-refractivity contribution in [1.82, 2.24) is 25.5 Å². The van der Waals surface area contributed by atoms with E-state index >= 15 is 0 Å². The molecule has 1 unspecified atom stereocenters. The van der Waals surface area contributed by atoms with E-state index in [0.29, 0.717) is 25.2 Å². The highest BCUT2D eigenvalue weighted by molar-refractivity contribution is 5.84. The molecule has 0 spiro atoms.